The van der Waals surface area contributed by atoms with Crippen molar-refractivity contribution < 1.29 is 17.9 Å². The fraction of sp³-hybridized carbons (Fsp3) is 0.409. The second kappa shape index (κ2) is 8.06. The molecule has 7 heteroatoms. The van der Waals surface area contributed by atoms with Gasteiger partial charge in [0.25, 0.3) is 10.0 Å². The van der Waals surface area contributed by atoms with Crippen LogP contribution in [0.25, 0.3) is 0 Å². The van der Waals surface area contributed by atoms with Crippen molar-refractivity contribution in [3.05, 3.63) is 48.5 Å². The first-order valence-electron chi connectivity index (χ1n) is 10.0. The van der Waals surface area contributed by atoms with Crippen molar-refractivity contribution in [2.45, 2.75) is 37.0 Å². The van der Waals surface area contributed by atoms with Crippen molar-refractivity contribution in [3.8, 4) is 5.75 Å². The van der Waals surface area contributed by atoms with Crippen molar-refractivity contribution in [1.82, 2.24) is 0 Å². The Morgan fingerprint density at radius 1 is 1.10 bits per heavy atom. The summed E-state index contributed by atoms with van der Waals surface area (Å²) < 4.78 is 33.3. The summed E-state index contributed by atoms with van der Waals surface area (Å²) in [4.78, 5) is 12.6. The van der Waals surface area contributed by atoms with Crippen LogP contribution in [-0.4, -0.2) is 21.4 Å². The number of benzene rings is 2. The number of ether oxygens (including phenoxy) is 1. The topological polar surface area (TPSA) is 84.5 Å². The summed E-state index contributed by atoms with van der Waals surface area (Å²) >= 11 is 0. The van der Waals surface area contributed by atoms with Crippen LogP contribution >= 0.6 is 0 Å². The molecule has 2 fully saturated rings. The smallest absolute Gasteiger partial charge is 0.262 e. The van der Waals surface area contributed by atoms with Gasteiger partial charge in [-0.15, -0.1) is 0 Å². The molecule has 0 unspecified atom stereocenters. The minimum Gasteiger partial charge on any atom is -0.495 e. The van der Waals surface area contributed by atoms with Crippen LogP contribution in [0.3, 0.4) is 0 Å². The van der Waals surface area contributed by atoms with E-state index >= 15 is 0 Å². The van der Waals surface area contributed by atoms with E-state index in [1.807, 2.05) is 0 Å². The average Bonchev–Trinajstić information content (AvgIpc) is 3.31. The number of carbonyl (C=O) groups is 1. The minimum absolute atomic E-state index is 0.0465. The molecule has 4 rings (SSSR count). The molecule has 3 atom stereocenters. The van der Waals surface area contributed by atoms with E-state index in [1.54, 1.807) is 36.4 Å². The van der Waals surface area contributed by atoms with Gasteiger partial charge in [-0.05, 0) is 67.3 Å². The number of fused-ring (bicyclic) bond motifs is 2. The van der Waals surface area contributed by atoms with Crippen LogP contribution < -0.4 is 14.8 Å². The molecule has 6 nitrogen and oxygen atoms in total. The van der Waals surface area contributed by atoms with Crippen LogP contribution in [-0.2, 0) is 14.8 Å². The largest absolute Gasteiger partial charge is 0.495 e. The van der Waals surface area contributed by atoms with Crippen molar-refractivity contribution in [3.63, 3.8) is 0 Å². The molecule has 29 heavy (non-hydrogen) atoms. The fourth-order valence-electron chi connectivity index (χ4n) is 4.75. The lowest BCUT2D eigenvalue weighted by atomic mass is 9.86. The van der Waals surface area contributed by atoms with E-state index in [0.717, 1.165) is 12.3 Å². The predicted molar refractivity (Wildman–Crippen MR) is 112 cm³/mol. The molecule has 2 aliphatic carbocycles. The van der Waals surface area contributed by atoms with Crippen LogP contribution in [0, 0.1) is 17.8 Å². The first-order valence-corrected chi connectivity index (χ1v) is 11.5. The first kappa shape index (κ1) is 19.8. The zero-order valence-corrected chi connectivity index (χ0v) is 17.2. The number of hydrogen-bond donors (Lipinski definition) is 2. The third-order valence-electron chi connectivity index (χ3n) is 6.11. The highest BCUT2D eigenvalue weighted by atomic mass is 32.2. The van der Waals surface area contributed by atoms with Crippen LogP contribution in [0.2, 0.25) is 0 Å². The molecule has 0 aromatic heterocycles. The first-order chi connectivity index (χ1) is 13.9. The predicted octanol–water partition coefficient (Wildman–Crippen LogP) is 4.26. The number of anilines is 2. The molecule has 0 spiro atoms. The summed E-state index contributed by atoms with van der Waals surface area (Å²) in [6, 6.07) is 13.1. The standard InChI is InChI=1S/C22H26N2O4S/c1-28-21-8-3-2-7-20(21)24-29(26,27)19-6-4-5-18(14-19)23-22(25)13-17-12-15-9-10-16(17)11-15/h2-8,14-17,24H,9-13H2,1H3,(H,23,25)/t15-,16+,17+/m0/s1. The normalized spacial score (nSPS) is 23.0. The number of methoxy groups -OCH3 is 1. The highest BCUT2D eigenvalue weighted by molar-refractivity contribution is 7.92. The molecule has 2 N–H and O–H groups in total. The number of carbonyl (C=O) groups excluding carboxylic acids is 1. The van der Waals surface area contributed by atoms with Crippen molar-refractivity contribution in [1.29, 1.82) is 0 Å². The summed E-state index contributed by atoms with van der Waals surface area (Å²) in [6.07, 6.45) is 5.47. The number of nitrogens with one attached hydrogen (secondary N) is 2. The summed E-state index contributed by atoms with van der Waals surface area (Å²) in [5.41, 5.74) is 0.849. The van der Waals surface area contributed by atoms with Crippen LogP contribution in [0.4, 0.5) is 11.4 Å². The molecule has 2 aliphatic rings. The van der Waals surface area contributed by atoms with Gasteiger partial charge < -0.3 is 10.1 Å². The lowest BCUT2D eigenvalue weighted by molar-refractivity contribution is -0.117. The number of rotatable bonds is 7. The van der Waals surface area contributed by atoms with Crippen molar-refractivity contribution in [2.75, 3.05) is 17.1 Å². The molecule has 2 saturated carbocycles. The molecule has 0 aliphatic heterocycles. The van der Waals surface area contributed by atoms with Crippen LogP contribution in [0.15, 0.2) is 53.4 Å². The number of para-hydroxylation sites is 2. The summed E-state index contributed by atoms with van der Waals surface area (Å²) in [5.74, 6) is 2.34. The zero-order valence-electron chi connectivity index (χ0n) is 16.4. The highest BCUT2D eigenvalue weighted by Crippen LogP contribution is 2.49. The van der Waals surface area contributed by atoms with E-state index in [9.17, 15) is 13.2 Å². The molecule has 0 heterocycles. The Morgan fingerprint density at radius 3 is 2.66 bits per heavy atom. The molecule has 2 bridgehead atoms. The van der Waals surface area contributed by atoms with Gasteiger partial charge in [-0.2, -0.15) is 0 Å². The van der Waals surface area contributed by atoms with Crippen molar-refractivity contribution >= 4 is 27.3 Å². The van der Waals surface area contributed by atoms with Gasteiger partial charge in [0.15, 0.2) is 0 Å². The third kappa shape index (κ3) is 4.40. The van der Waals surface area contributed by atoms with Crippen molar-refractivity contribution in [2.24, 2.45) is 17.8 Å². The van der Waals surface area contributed by atoms with Crippen LogP contribution in [0.1, 0.15) is 32.1 Å². The van der Waals surface area contributed by atoms with E-state index in [1.165, 1.54) is 38.5 Å². The second-order valence-electron chi connectivity index (χ2n) is 8.02. The SMILES string of the molecule is COc1ccccc1NS(=O)(=O)c1cccc(NC(=O)C[C@H]2C[C@H]3CC[C@@H]2C3)c1. The lowest BCUT2D eigenvalue weighted by Gasteiger charge is -2.21. The van der Waals surface area contributed by atoms with Crippen LogP contribution in [0.5, 0.6) is 5.75 Å². The van der Waals surface area contributed by atoms with Gasteiger partial charge in [0, 0.05) is 12.1 Å². The maximum atomic E-state index is 12.8. The monoisotopic (exact) mass is 414 g/mol. The molecule has 2 aromatic rings. The van der Waals surface area contributed by atoms with E-state index < -0.39 is 10.0 Å². The summed E-state index contributed by atoms with van der Waals surface area (Å²) in [7, 11) is -2.33. The number of amides is 1. The van der Waals surface area contributed by atoms with Gasteiger partial charge in [0.05, 0.1) is 17.7 Å². The van der Waals surface area contributed by atoms with Gasteiger partial charge >= 0.3 is 0 Å². The molecule has 154 valence electrons. The van der Waals surface area contributed by atoms with Gasteiger partial charge in [-0.3, -0.25) is 9.52 Å². The summed E-state index contributed by atoms with van der Waals surface area (Å²) in [5, 5.41) is 2.87. The maximum absolute atomic E-state index is 12.8. The number of hydrogen-bond acceptors (Lipinski definition) is 4. The van der Waals surface area contributed by atoms with Gasteiger partial charge in [-0.1, -0.05) is 24.6 Å². The Balaban J connectivity index is 1.44. The Hall–Kier alpha value is -2.54. The van der Waals surface area contributed by atoms with Gasteiger partial charge in [-0.25, -0.2) is 8.42 Å². The minimum atomic E-state index is -3.81. The maximum Gasteiger partial charge on any atom is 0.262 e. The third-order valence-corrected chi connectivity index (χ3v) is 7.47. The molecule has 0 saturated heterocycles. The molecular weight excluding hydrogens is 388 g/mol. The van der Waals surface area contributed by atoms with Gasteiger partial charge in [0.1, 0.15) is 5.75 Å². The molecule has 2 aromatic carbocycles. The van der Waals surface area contributed by atoms with E-state index in [4.69, 9.17) is 4.74 Å². The Bertz CT molecular complexity index is 1010. The number of sulfonamides is 1. The summed E-state index contributed by atoms with van der Waals surface area (Å²) in [6.45, 7) is 0. The Labute approximate surface area is 171 Å². The van der Waals surface area contributed by atoms with E-state index in [0.29, 0.717) is 35.4 Å². The Kier molecular flexibility index (Phi) is 5.50. The molecular formula is C22H26N2O4S. The second-order valence-corrected chi connectivity index (χ2v) is 9.70. The van der Waals surface area contributed by atoms with E-state index in [-0.39, 0.29) is 10.8 Å². The lowest BCUT2D eigenvalue weighted by Crippen LogP contribution is -2.20. The van der Waals surface area contributed by atoms with E-state index in [2.05, 4.69) is 10.0 Å². The molecule has 0 radical (unpaired) electrons. The molecule has 1 amide bonds. The highest BCUT2D eigenvalue weighted by Gasteiger charge is 2.40. The van der Waals surface area contributed by atoms with Gasteiger partial charge in [0.2, 0.25) is 5.91 Å². The zero-order chi connectivity index (χ0) is 20.4. The quantitative estimate of drug-likeness (QED) is 0.709. The average molecular weight is 415 g/mol. The Morgan fingerprint density at radius 2 is 1.93 bits per heavy atom. The fourth-order valence-corrected chi connectivity index (χ4v) is 5.87.